The fourth-order valence-corrected chi connectivity index (χ4v) is 2.27. The summed E-state index contributed by atoms with van der Waals surface area (Å²) in [5.74, 6) is -1.18. The van der Waals surface area contributed by atoms with Gasteiger partial charge in [-0.2, -0.15) is 0 Å². The van der Waals surface area contributed by atoms with Crippen LogP contribution in [0.25, 0.3) is 17.0 Å². The number of hydrogen-bond acceptors (Lipinski definition) is 5. The van der Waals surface area contributed by atoms with E-state index < -0.39 is 11.8 Å². The highest BCUT2D eigenvalue weighted by molar-refractivity contribution is 7.80. The van der Waals surface area contributed by atoms with Crippen molar-refractivity contribution in [2.75, 3.05) is 0 Å². The summed E-state index contributed by atoms with van der Waals surface area (Å²) in [6.07, 6.45) is 5.54. The quantitative estimate of drug-likeness (QED) is 0.493. The molecule has 0 aliphatic carbocycles. The van der Waals surface area contributed by atoms with E-state index in [1.165, 1.54) is 24.5 Å². The second kappa shape index (κ2) is 5.98. The predicted octanol–water partition coefficient (Wildman–Crippen LogP) is 1.26. The van der Waals surface area contributed by atoms with Crippen molar-refractivity contribution < 1.29 is 14.0 Å². The molecule has 2 amide bonds. The molecule has 6 nitrogen and oxygen atoms in total. The number of thiocarbonyl (C=S) groups is 1. The number of carbonyl (C=O) groups excluding carboxylic acids is 2. The third-order valence-electron chi connectivity index (χ3n) is 3.19. The van der Waals surface area contributed by atoms with Gasteiger partial charge in [0, 0.05) is 0 Å². The predicted molar refractivity (Wildman–Crippen MR) is 88.5 cm³/mol. The van der Waals surface area contributed by atoms with Crippen LogP contribution in [0.1, 0.15) is 5.56 Å². The standard InChI is InChI=1S/C16H10N2O4S/c19-13-9(8-22-12-7-2-1-5-10(12)13)4-3-6-11-14(20)17-16(23)18-15(11)21/h1-8H,(H2,17,18,20,21,23)/b4-3+. The number of allylic oxidation sites excluding steroid dienone is 2. The number of carbonyl (C=O) groups is 2. The van der Waals surface area contributed by atoms with Crippen molar-refractivity contribution in [3.63, 3.8) is 0 Å². The highest BCUT2D eigenvalue weighted by Crippen LogP contribution is 2.11. The minimum atomic E-state index is -0.589. The molecule has 1 aromatic carbocycles. The number of rotatable bonds is 2. The molecule has 23 heavy (non-hydrogen) atoms. The van der Waals surface area contributed by atoms with Gasteiger partial charge in [0.2, 0.25) is 0 Å². The summed E-state index contributed by atoms with van der Waals surface area (Å²) in [6.45, 7) is 0. The lowest BCUT2D eigenvalue weighted by Gasteiger charge is -2.15. The highest BCUT2D eigenvalue weighted by atomic mass is 32.1. The van der Waals surface area contributed by atoms with Gasteiger partial charge in [-0.3, -0.25) is 25.0 Å². The maximum Gasteiger partial charge on any atom is 0.263 e. The summed E-state index contributed by atoms with van der Waals surface area (Å²) < 4.78 is 5.37. The van der Waals surface area contributed by atoms with Crippen LogP contribution in [0.2, 0.25) is 0 Å². The largest absolute Gasteiger partial charge is 0.463 e. The van der Waals surface area contributed by atoms with Crippen LogP contribution in [0.15, 0.2) is 57.5 Å². The van der Waals surface area contributed by atoms with Crippen molar-refractivity contribution in [1.82, 2.24) is 10.6 Å². The number of nitrogens with one attached hydrogen (secondary N) is 2. The Morgan fingerprint density at radius 3 is 2.48 bits per heavy atom. The second-order valence-corrected chi connectivity index (χ2v) is 5.10. The topological polar surface area (TPSA) is 88.4 Å². The molecule has 1 aliphatic heterocycles. The number of hydrogen-bond donors (Lipinski definition) is 2. The van der Waals surface area contributed by atoms with E-state index >= 15 is 0 Å². The molecule has 2 heterocycles. The number of amides is 2. The van der Waals surface area contributed by atoms with Crippen molar-refractivity contribution in [2.45, 2.75) is 0 Å². The minimum absolute atomic E-state index is 0.0312. The monoisotopic (exact) mass is 326 g/mol. The van der Waals surface area contributed by atoms with Crippen LogP contribution in [0.5, 0.6) is 0 Å². The van der Waals surface area contributed by atoms with E-state index in [0.717, 1.165) is 0 Å². The molecule has 1 fully saturated rings. The normalized spacial score (nSPS) is 15.0. The van der Waals surface area contributed by atoms with Crippen molar-refractivity contribution >= 4 is 46.2 Å². The Kier molecular flexibility index (Phi) is 3.86. The Labute approximate surface area is 135 Å². The van der Waals surface area contributed by atoms with Crippen molar-refractivity contribution in [3.05, 3.63) is 64.0 Å². The Morgan fingerprint density at radius 1 is 1.04 bits per heavy atom. The van der Waals surface area contributed by atoms with Gasteiger partial charge in [-0.05, 0) is 36.5 Å². The Balaban J connectivity index is 1.92. The van der Waals surface area contributed by atoms with Crippen molar-refractivity contribution in [2.24, 2.45) is 0 Å². The first-order valence-electron chi connectivity index (χ1n) is 6.62. The van der Waals surface area contributed by atoms with E-state index in [-0.39, 0.29) is 16.1 Å². The maximum absolute atomic E-state index is 12.3. The summed E-state index contributed by atoms with van der Waals surface area (Å²) in [7, 11) is 0. The van der Waals surface area contributed by atoms with Gasteiger partial charge in [-0.1, -0.05) is 18.2 Å². The zero-order chi connectivity index (χ0) is 16.4. The lowest BCUT2D eigenvalue weighted by atomic mass is 10.1. The van der Waals surface area contributed by atoms with Crippen LogP contribution in [0, 0.1) is 0 Å². The third kappa shape index (κ3) is 2.95. The lowest BCUT2D eigenvalue weighted by Crippen LogP contribution is -2.51. The smallest absolute Gasteiger partial charge is 0.263 e. The fourth-order valence-electron chi connectivity index (χ4n) is 2.08. The molecular formula is C16H10N2O4S. The van der Waals surface area contributed by atoms with E-state index in [2.05, 4.69) is 10.6 Å². The van der Waals surface area contributed by atoms with Gasteiger partial charge >= 0.3 is 0 Å². The highest BCUT2D eigenvalue weighted by Gasteiger charge is 2.24. The fraction of sp³-hybridized carbons (Fsp3) is 0. The lowest BCUT2D eigenvalue weighted by molar-refractivity contribution is -0.123. The second-order valence-electron chi connectivity index (χ2n) is 4.69. The summed E-state index contributed by atoms with van der Waals surface area (Å²) in [6, 6.07) is 6.88. The maximum atomic E-state index is 12.3. The van der Waals surface area contributed by atoms with E-state index in [1.54, 1.807) is 24.3 Å². The van der Waals surface area contributed by atoms with Crippen LogP contribution in [-0.2, 0) is 9.59 Å². The van der Waals surface area contributed by atoms with Gasteiger partial charge in [0.25, 0.3) is 11.8 Å². The molecule has 0 radical (unpaired) electrons. The molecule has 0 unspecified atom stereocenters. The van der Waals surface area contributed by atoms with Gasteiger partial charge in [-0.15, -0.1) is 0 Å². The zero-order valence-corrected chi connectivity index (χ0v) is 12.5. The molecule has 2 aromatic rings. The zero-order valence-electron chi connectivity index (χ0n) is 11.7. The molecule has 3 rings (SSSR count). The van der Waals surface area contributed by atoms with Crippen LogP contribution < -0.4 is 16.1 Å². The number of fused-ring (bicyclic) bond motifs is 1. The van der Waals surface area contributed by atoms with Crippen LogP contribution in [-0.4, -0.2) is 16.9 Å². The Hall–Kier alpha value is -3.06. The van der Waals surface area contributed by atoms with Crippen LogP contribution >= 0.6 is 12.2 Å². The molecule has 0 saturated carbocycles. The van der Waals surface area contributed by atoms with E-state index in [4.69, 9.17) is 16.6 Å². The molecule has 2 N–H and O–H groups in total. The van der Waals surface area contributed by atoms with E-state index in [0.29, 0.717) is 16.5 Å². The molecule has 1 aliphatic rings. The SMILES string of the molecule is O=C1NC(=S)NC(=O)C1=C/C=C/c1coc2ccccc2c1=O. The van der Waals surface area contributed by atoms with Gasteiger partial charge in [0.15, 0.2) is 10.5 Å². The van der Waals surface area contributed by atoms with Crippen LogP contribution in [0.4, 0.5) is 0 Å². The first-order chi connectivity index (χ1) is 11.1. The van der Waals surface area contributed by atoms with Gasteiger partial charge in [0.05, 0.1) is 10.9 Å². The molecular weight excluding hydrogens is 316 g/mol. The van der Waals surface area contributed by atoms with Gasteiger partial charge < -0.3 is 4.42 Å². The van der Waals surface area contributed by atoms with Gasteiger partial charge in [-0.25, -0.2) is 0 Å². The molecule has 0 bridgehead atoms. The van der Waals surface area contributed by atoms with Crippen LogP contribution in [0.3, 0.4) is 0 Å². The summed E-state index contributed by atoms with van der Waals surface area (Å²) >= 11 is 4.70. The summed E-state index contributed by atoms with van der Waals surface area (Å²) in [4.78, 5) is 35.6. The molecule has 7 heteroatoms. The van der Waals surface area contributed by atoms with Crippen molar-refractivity contribution in [3.8, 4) is 0 Å². The molecule has 1 saturated heterocycles. The number of para-hydroxylation sites is 1. The third-order valence-corrected chi connectivity index (χ3v) is 3.39. The summed E-state index contributed by atoms with van der Waals surface area (Å²) in [5, 5.41) is 5.07. The van der Waals surface area contributed by atoms with E-state index in [1.807, 2.05) is 0 Å². The molecule has 114 valence electrons. The Morgan fingerprint density at radius 2 is 1.74 bits per heavy atom. The first kappa shape index (κ1) is 14.9. The van der Waals surface area contributed by atoms with Crippen molar-refractivity contribution in [1.29, 1.82) is 0 Å². The Bertz CT molecular complexity index is 934. The molecule has 0 atom stereocenters. The molecule has 1 aromatic heterocycles. The average Bonchev–Trinajstić information content (AvgIpc) is 2.52. The summed E-state index contributed by atoms with van der Waals surface area (Å²) in [5.41, 5.74) is 0.514. The number of benzene rings is 1. The average molecular weight is 326 g/mol. The van der Waals surface area contributed by atoms with Gasteiger partial charge in [0.1, 0.15) is 17.4 Å². The first-order valence-corrected chi connectivity index (χ1v) is 7.02. The minimum Gasteiger partial charge on any atom is -0.463 e. The molecule has 0 spiro atoms. The van der Waals surface area contributed by atoms with E-state index in [9.17, 15) is 14.4 Å².